The van der Waals surface area contributed by atoms with Crippen LogP contribution in [0.2, 0.25) is 0 Å². The summed E-state index contributed by atoms with van der Waals surface area (Å²) < 4.78 is 15.7. The first-order chi connectivity index (χ1) is 10.2. The molecule has 3 nitrogen and oxygen atoms in total. The average molecular weight is 284 g/mol. The number of aromatic nitrogens is 1. The van der Waals surface area contributed by atoms with Crippen molar-refractivity contribution in [3.8, 4) is 0 Å². The van der Waals surface area contributed by atoms with Gasteiger partial charge in [0.2, 0.25) is 5.91 Å². The predicted octanol–water partition coefficient (Wildman–Crippen LogP) is 3.24. The summed E-state index contributed by atoms with van der Waals surface area (Å²) in [5.74, 6) is -0.402. The van der Waals surface area contributed by atoms with Gasteiger partial charge < -0.3 is 9.47 Å². The van der Waals surface area contributed by atoms with E-state index >= 15 is 0 Å². The molecule has 1 aliphatic rings. The predicted molar refractivity (Wildman–Crippen MR) is 80.0 cm³/mol. The third-order valence-corrected chi connectivity index (χ3v) is 3.94. The lowest BCUT2D eigenvalue weighted by molar-refractivity contribution is -0.129. The van der Waals surface area contributed by atoms with Gasteiger partial charge in [0.1, 0.15) is 5.82 Å². The van der Waals surface area contributed by atoms with Crippen LogP contribution in [0.4, 0.5) is 4.39 Å². The van der Waals surface area contributed by atoms with Gasteiger partial charge in [-0.15, -0.1) is 0 Å². The van der Waals surface area contributed by atoms with Crippen molar-refractivity contribution in [2.24, 2.45) is 0 Å². The van der Waals surface area contributed by atoms with Crippen LogP contribution >= 0.6 is 0 Å². The Morgan fingerprint density at radius 2 is 2.05 bits per heavy atom. The summed E-state index contributed by atoms with van der Waals surface area (Å²) >= 11 is 0. The molecule has 1 atom stereocenters. The summed E-state index contributed by atoms with van der Waals surface area (Å²) in [5.41, 5.74) is 1.56. The number of nitrogens with zero attached hydrogens (tertiary/aromatic N) is 2. The van der Waals surface area contributed by atoms with Gasteiger partial charge >= 0.3 is 0 Å². The lowest BCUT2D eigenvalue weighted by atomic mass is 10.1. The molecule has 3 rings (SSSR count). The smallest absolute Gasteiger partial charge is 0.247 e. The number of benzene rings is 1. The molecule has 0 fully saturated rings. The van der Waals surface area contributed by atoms with E-state index in [0.717, 1.165) is 12.2 Å². The molecule has 21 heavy (non-hydrogen) atoms. The highest BCUT2D eigenvalue weighted by Gasteiger charge is 2.25. The third kappa shape index (κ3) is 2.61. The second kappa shape index (κ2) is 5.56. The fraction of sp³-hybridized carbons (Fsp3) is 0.235. The SMILES string of the molecule is C[C@H]1c2cccn2CCN1C(=O)/C=C/c1ccccc1F. The molecule has 0 saturated heterocycles. The zero-order valence-corrected chi connectivity index (χ0v) is 11.9. The van der Waals surface area contributed by atoms with Crippen LogP contribution in [0.25, 0.3) is 6.08 Å². The normalized spacial score (nSPS) is 18.0. The standard InChI is InChI=1S/C17H17FN2O/c1-13-16-7-4-10-19(16)11-12-20(13)17(21)9-8-14-5-2-3-6-15(14)18/h2-10,13H,11-12H2,1H3/b9-8+/t13-/m0/s1. The molecular weight excluding hydrogens is 267 g/mol. The Labute approximate surface area is 123 Å². The zero-order chi connectivity index (χ0) is 14.8. The average Bonchev–Trinajstić information content (AvgIpc) is 2.96. The van der Waals surface area contributed by atoms with Crippen LogP contribution in [-0.4, -0.2) is 21.9 Å². The van der Waals surface area contributed by atoms with E-state index in [4.69, 9.17) is 0 Å². The molecule has 1 amide bonds. The van der Waals surface area contributed by atoms with Crippen LogP contribution in [0.15, 0.2) is 48.7 Å². The summed E-state index contributed by atoms with van der Waals surface area (Å²) in [7, 11) is 0. The third-order valence-electron chi connectivity index (χ3n) is 3.94. The van der Waals surface area contributed by atoms with Crippen LogP contribution < -0.4 is 0 Å². The number of amides is 1. The summed E-state index contributed by atoms with van der Waals surface area (Å²) in [6.07, 6.45) is 5.02. The van der Waals surface area contributed by atoms with E-state index in [2.05, 4.69) is 4.57 Å². The minimum Gasteiger partial charge on any atom is -0.348 e. The maximum Gasteiger partial charge on any atom is 0.247 e. The first kappa shape index (κ1) is 13.6. The Morgan fingerprint density at radius 3 is 2.86 bits per heavy atom. The van der Waals surface area contributed by atoms with E-state index in [0.29, 0.717) is 12.1 Å². The van der Waals surface area contributed by atoms with Gasteiger partial charge in [-0.2, -0.15) is 0 Å². The number of rotatable bonds is 2. The molecule has 0 unspecified atom stereocenters. The maximum absolute atomic E-state index is 13.5. The van der Waals surface area contributed by atoms with Crippen molar-refractivity contribution in [3.05, 3.63) is 65.7 Å². The molecular formula is C17H17FN2O. The number of carbonyl (C=O) groups excluding carboxylic acids is 1. The monoisotopic (exact) mass is 284 g/mol. The van der Waals surface area contributed by atoms with E-state index in [1.807, 2.05) is 30.2 Å². The summed E-state index contributed by atoms with van der Waals surface area (Å²) in [4.78, 5) is 14.1. The lowest BCUT2D eigenvalue weighted by Crippen LogP contribution is -2.39. The van der Waals surface area contributed by atoms with Crippen LogP contribution in [0.1, 0.15) is 24.2 Å². The highest BCUT2D eigenvalue weighted by Crippen LogP contribution is 2.25. The van der Waals surface area contributed by atoms with Gasteiger partial charge in [0.25, 0.3) is 0 Å². The molecule has 4 heteroatoms. The first-order valence-electron chi connectivity index (χ1n) is 7.05. The molecule has 1 aromatic heterocycles. The van der Waals surface area contributed by atoms with Gasteiger partial charge in [-0.3, -0.25) is 4.79 Å². The Bertz CT molecular complexity index is 690. The van der Waals surface area contributed by atoms with Crippen LogP contribution in [-0.2, 0) is 11.3 Å². The molecule has 1 aliphatic heterocycles. The molecule has 1 aromatic carbocycles. The van der Waals surface area contributed by atoms with E-state index in [1.54, 1.807) is 18.2 Å². The van der Waals surface area contributed by atoms with E-state index in [1.165, 1.54) is 18.2 Å². The Kier molecular flexibility index (Phi) is 3.60. The highest BCUT2D eigenvalue weighted by atomic mass is 19.1. The number of halogens is 1. The van der Waals surface area contributed by atoms with Crippen molar-refractivity contribution in [2.75, 3.05) is 6.54 Å². The highest BCUT2D eigenvalue weighted by molar-refractivity contribution is 5.92. The number of fused-ring (bicyclic) bond motifs is 1. The molecule has 0 spiro atoms. The fourth-order valence-corrected chi connectivity index (χ4v) is 2.75. The molecule has 2 heterocycles. The van der Waals surface area contributed by atoms with Crippen molar-refractivity contribution < 1.29 is 9.18 Å². The van der Waals surface area contributed by atoms with Crippen molar-refractivity contribution >= 4 is 12.0 Å². The largest absolute Gasteiger partial charge is 0.348 e. The van der Waals surface area contributed by atoms with Crippen LogP contribution in [0.5, 0.6) is 0 Å². The zero-order valence-electron chi connectivity index (χ0n) is 11.9. The Morgan fingerprint density at radius 1 is 1.24 bits per heavy atom. The first-order valence-corrected chi connectivity index (χ1v) is 7.05. The topological polar surface area (TPSA) is 25.2 Å². The summed E-state index contributed by atoms with van der Waals surface area (Å²) in [5, 5.41) is 0. The van der Waals surface area contributed by atoms with Crippen molar-refractivity contribution in [3.63, 3.8) is 0 Å². The van der Waals surface area contributed by atoms with Gasteiger partial charge in [-0.1, -0.05) is 18.2 Å². The van der Waals surface area contributed by atoms with Gasteiger partial charge in [0.15, 0.2) is 0 Å². The molecule has 0 bridgehead atoms. The van der Waals surface area contributed by atoms with E-state index < -0.39 is 0 Å². The molecule has 0 saturated carbocycles. The molecule has 108 valence electrons. The van der Waals surface area contributed by atoms with Gasteiger partial charge in [-0.25, -0.2) is 4.39 Å². The summed E-state index contributed by atoms with van der Waals surface area (Å²) in [6.45, 7) is 3.48. The number of carbonyl (C=O) groups is 1. The molecule has 0 aliphatic carbocycles. The van der Waals surface area contributed by atoms with Gasteiger partial charge in [0.05, 0.1) is 6.04 Å². The molecule has 0 radical (unpaired) electrons. The Hall–Kier alpha value is -2.36. The second-order valence-corrected chi connectivity index (χ2v) is 5.19. The number of hydrogen-bond donors (Lipinski definition) is 0. The molecule has 0 N–H and O–H groups in total. The Balaban J connectivity index is 1.76. The fourth-order valence-electron chi connectivity index (χ4n) is 2.75. The van der Waals surface area contributed by atoms with E-state index in [9.17, 15) is 9.18 Å². The van der Waals surface area contributed by atoms with Crippen molar-refractivity contribution in [1.82, 2.24) is 9.47 Å². The maximum atomic E-state index is 13.5. The number of hydrogen-bond acceptors (Lipinski definition) is 1. The minimum atomic E-state index is -0.317. The van der Waals surface area contributed by atoms with Gasteiger partial charge in [-0.05, 0) is 31.2 Å². The lowest BCUT2D eigenvalue weighted by Gasteiger charge is -2.34. The minimum absolute atomic E-state index is 0.0338. The molecule has 2 aromatic rings. The van der Waals surface area contributed by atoms with E-state index in [-0.39, 0.29) is 17.8 Å². The van der Waals surface area contributed by atoms with Crippen molar-refractivity contribution in [2.45, 2.75) is 19.5 Å². The van der Waals surface area contributed by atoms with Crippen LogP contribution in [0.3, 0.4) is 0 Å². The van der Waals surface area contributed by atoms with Gasteiger partial charge in [0, 0.05) is 36.6 Å². The van der Waals surface area contributed by atoms with Crippen LogP contribution in [0, 0.1) is 5.82 Å². The van der Waals surface area contributed by atoms with Crippen molar-refractivity contribution in [1.29, 1.82) is 0 Å². The summed E-state index contributed by atoms with van der Waals surface area (Å²) in [6, 6.07) is 10.5. The quantitative estimate of drug-likeness (QED) is 0.777. The second-order valence-electron chi connectivity index (χ2n) is 5.19.